The molecule has 3 saturated carbocycles. The van der Waals surface area contributed by atoms with E-state index in [-0.39, 0.29) is 16.8 Å². The Bertz CT molecular complexity index is 371. The van der Waals surface area contributed by atoms with Gasteiger partial charge in [0, 0.05) is 11.0 Å². The van der Waals surface area contributed by atoms with E-state index in [4.69, 9.17) is 5.73 Å². The van der Waals surface area contributed by atoms with Crippen LogP contribution in [0.3, 0.4) is 0 Å². The predicted molar refractivity (Wildman–Crippen MR) is 53.6 cm³/mol. The number of hydrogen-bond donors (Lipinski definition) is 1. The SMILES string of the molecule is Cc1cc(F)cc(C23CC(N)(C2)C3)c1. The van der Waals surface area contributed by atoms with Gasteiger partial charge >= 0.3 is 0 Å². The van der Waals surface area contributed by atoms with Crippen LogP contribution in [0.1, 0.15) is 30.4 Å². The Kier molecular flexibility index (Phi) is 1.32. The zero-order chi connectivity index (χ0) is 9.97. The Morgan fingerprint density at radius 2 is 1.86 bits per heavy atom. The van der Waals surface area contributed by atoms with Crippen molar-refractivity contribution in [3.8, 4) is 0 Å². The number of nitrogens with two attached hydrogens (primary N) is 1. The van der Waals surface area contributed by atoms with Crippen molar-refractivity contribution in [2.45, 2.75) is 37.1 Å². The number of rotatable bonds is 1. The Morgan fingerprint density at radius 1 is 1.21 bits per heavy atom. The predicted octanol–water partition coefficient (Wildman–Crippen LogP) is 2.27. The van der Waals surface area contributed by atoms with Gasteiger partial charge in [-0.25, -0.2) is 4.39 Å². The fraction of sp³-hybridized carbons (Fsp3) is 0.500. The first-order valence-corrected chi connectivity index (χ1v) is 5.08. The van der Waals surface area contributed by atoms with Crippen molar-refractivity contribution in [1.29, 1.82) is 0 Å². The molecule has 14 heavy (non-hydrogen) atoms. The van der Waals surface area contributed by atoms with Crippen molar-refractivity contribution in [2.24, 2.45) is 5.73 Å². The van der Waals surface area contributed by atoms with E-state index < -0.39 is 0 Å². The molecule has 0 spiro atoms. The summed E-state index contributed by atoms with van der Waals surface area (Å²) < 4.78 is 13.2. The summed E-state index contributed by atoms with van der Waals surface area (Å²) in [5.74, 6) is -0.115. The Hall–Kier alpha value is -0.890. The van der Waals surface area contributed by atoms with Gasteiger partial charge in [0.15, 0.2) is 0 Å². The van der Waals surface area contributed by atoms with Gasteiger partial charge in [-0.2, -0.15) is 0 Å². The Morgan fingerprint density at radius 3 is 2.36 bits per heavy atom. The second-order valence-corrected chi connectivity index (χ2v) is 5.19. The van der Waals surface area contributed by atoms with Gasteiger partial charge in [-0.15, -0.1) is 0 Å². The maximum atomic E-state index is 13.2. The average Bonchev–Trinajstić information content (AvgIpc) is 1.94. The van der Waals surface area contributed by atoms with Crippen molar-refractivity contribution < 1.29 is 4.39 Å². The molecule has 0 amide bonds. The van der Waals surface area contributed by atoms with Crippen LogP contribution in [0.4, 0.5) is 4.39 Å². The minimum absolute atomic E-state index is 0.0974. The maximum Gasteiger partial charge on any atom is 0.123 e. The first kappa shape index (κ1) is 8.42. The second kappa shape index (κ2) is 2.19. The average molecular weight is 191 g/mol. The van der Waals surface area contributed by atoms with E-state index in [2.05, 4.69) is 6.07 Å². The lowest BCUT2D eigenvalue weighted by Crippen LogP contribution is -2.74. The maximum absolute atomic E-state index is 13.2. The Balaban J connectivity index is 1.98. The molecule has 1 nitrogen and oxygen atoms in total. The standard InChI is InChI=1S/C12H14FN/c1-8-2-9(4-10(13)3-8)11-5-12(14,6-11)7-11/h2-4H,5-7,14H2,1H3. The molecule has 1 aromatic carbocycles. The molecular formula is C12H14FN. The van der Waals surface area contributed by atoms with Crippen LogP contribution in [0.5, 0.6) is 0 Å². The zero-order valence-electron chi connectivity index (χ0n) is 8.31. The molecular weight excluding hydrogens is 177 g/mol. The third-order valence-corrected chi connectivity index (χ3v) is 3.73. The largest absolute Gasteiger partial charge is 0.325 e. The molecule has 1 aromatic rings. The fourth-order valence-corrected chi connectivity index (χ4v) is 3.22. The van der Waals surface area contributed by atoms with E-state index in [1.165, 1.54) is 0 Å². The van der Waals surface area contributed by atoms with E-state index in [1.54, 1.807) is 12.1 Å². The van der Waals surface area contributed by atoms with E-state index in [9.17, 15) is 4.39 Å². The monoisotopic (exact) mass is 191 g/mol. The van der Waals surface area contributed by atoms with Crippen molar-refractivity contribution in [1.82, 2.24) is 0 Å². The third kappa shape index (κ3) is 0.921. The van der Waals surface area contributed by atoms with Gasteiger partial charge in [0.25, 0.3) is 0 Å². The van der Waals surface area contributed by atoms with E-state index >= 15 is 0 Å². The number of halogens is 1. The molecule has 2 N–H and O–H groups in total. The minimum Gasteiger partial charge on any atom is -0.325 e. The van der Waals surface area contributed by atoms with Crippen LogP contribution in [0.15, 0.2) is 18.2 Å². The van der Waals surface area contributed by atoms with Gasteiger partial charge in [-0.3, -0.25) is 0 Å². The minimum atomic E-state index is -0.115. The molecule has 0 unspecified atom stereocenters. The molecule has 3 aliphatic rings. The molecule has 0 saturated heterocycles. The van der Waals surface area contributed by atoms with Gasteiger partial charge in [-0.1, -0.05) is 6.07 Å². The summed E-state index contributed by atoms with van der Waals surface area (Å²) in [5, 5.41) is 0. The third-order valence-electron chi connectivity index (χ3n) is 3.73. The highest BCUT2D eigenvalue weighted by Crippen LogP contribution is 2.66. The van der Waals surface area contributed by atoms with Crippen molar-refractivity contribution >= 4 is 0 Å². The highest BCUT2D eigenvalue weighted by molar-refractivity contribution is 5.42. The number of hydrogen-bond acceptors (Lipinski definition) is 1. The molecule has 2 heteroatoms. The second-order valence-electron chi connectivity index (χ2n) is 5.19. The lowest BCUT2D eigenvalue weighted by atomic mass is 9.38. The van der Waals surface area contributed by atoms with Gasteiger partial charge in [0.1, 0.15) is 5.82 Å². The molecule has 0 radical (unpaired) electrons. The normalized spacial score (nSPS) is 38.8. The summed E-state index contributed by atoms with van der Waals surface area (Å²) in [5.41, 5.74) is 8.49. The van der Waals surface area contributed by atoms with Gasteiger partial charge in [0.05, 0.1) is 0 Å². The Labute approximate surface area is 83.1 Å². The molecule has 3 aliphatic carbocycles. The summed E-state index contributed by atoms with van der Waals surface area (Å²) in [6, 6.07) is 5.35. The summed E-state index contributed by atoms with van der Waals surface area (Å²) in [7, 11) is 0. The highest BCUT2D eigenvalue weighted by Gasteiger charge is 2.66. The first-order valence-electron chi connectivity index (χ1n) is 5.08. The summed E-state index contributed by atoms with van der Waals surface area (Å²) in [6.45, 7) is 1.94. The lowest BCUT2D eigenvalue weighted by Gasteiger charge is -2.69. The van der Waals surface area contributed by atoms with Crippen LogP contribution >= 0.6 is 0 Å². The molecule has 0 heterocycles. The summed E-state index contributed by atoms with van der Waals surface area (Å²) >= 11 is 0. The topological polar surface area (TPSA) is 26.0 Å². The molecule has 2 bridgehead atoms. The first-order chi connectivity index (χ1) is 6.51. The van der Waals surface area contributed by atoms with Crippen LogP contribution in [0, 0.1) is 12.7 Å². The van der Waals surface area contributed by atoms with Gasteiger partial charge in [0.2, 0.25) is 0 Å². The smallest absolute Gasteiger partial charge is 0.123 e. The molecule has 3 fully saturated rings. The van der Waals surface area contributed by atoms with Gasteiger partial charge in [-0.05, 0) is 49.4 Å². The van der Waals surface area contributed by atoms with Crippen molar-refractivity contribution in [3.63, 3.8) is 0 Å². The van der Waals surface area contributed by atoms with Gasteiger partial charge < -0.3 is 5.73 Å². The molecule has 74 valence electrons. The van der Waals surface area contributed by atoms with Crippen LogP contribution in [-0.2, 0) is 5.41 Å². The molecule has 0 atom stereocenters. The number of benzene rings is 1. The lowest BCUT2D eigenvalue weighted by molar-refractivity contribution is -0.0592. The summed E-state index contributed by atoms with van der Waals surface area (Å²) in [6.07, 6.45) is 3.13. The highest BCUT2D eigenvalue weighted by atomic mass is 19.1. The van der Waals surface area contributed by atoms with Crippen LogP contribution < -0.4 is 5.73 Å². The fourth-order valence-electron chi connectivity index (χ4n) is 3.22. The van der Waals surface area contributed by atoms with Crippen LogP contribution in [0.2, 0.25) is 0 Å². The zero-order valence-corrected chi connectivity index (χ0v) is 8.31. The van der Waals surface area contributed by atoms with E-state index in [0.717, 1.165) is 30.4 Å². The molecule has 0 aliphatic heterocycles. The van der Waals surface area contributed by atoms with Crippen molar-refractivity contribution in [2.75, 3.05) is 0 Å². The number of aryl methyl sites for hydroxylation is 1. The molecule has 4 rings (SSSR count). The van der Waals surface area contributed by atoms with Crippen LogP contribution in [0.25, 0.3) is 0 Å². The van der Waals surface area contributed by atoms with E-state index in [0.29, 0.717) is 0 Å². The quantitative estimate of drug-likeness (QED) is 0.724. The molecule has 0 aromatic heterocycles. The van der Waals surface area contributed by atoms with Crippen LogP contribution in [-0.4, -0.2) is 5.54 Å². The van der Waals surface area contributed by atoms with E-state index in [1.807, 2.05) is 6.92 Å². The van der Waals surface area contributed by atoms with Crippen molar-refractivity contribution in [3.05, 3.63) is 35.1 Å². The summed E-state index contributed by atoms with van der Waals surface area (Å²) in [4.78, 5) is 0.